The Labute approximate surface area is 109 Å². The van der Waals surface area contributed by atoms with Crippen molar-refractivity contribution in [2.45, 2.75) is 18.9 Å². The average Bonchev–Trinajstić information content (AvgIpc) is 2.94. The standard InChI is InChI=1S/C11H12ClN5O/c1-16-4-2-3-8(16)10(18)17-6-14-7-5-13-11(12)15-9(7)17/h5-6,8H,2-4H2,1H3. The number of carbonyl (C=O) groups is 1. The molecule has 1 aliphatic rings. The summed E-state index contributed by atoms with van der Waals surface area (Å²) >= 11 is 5.76. The van der Waals surface area contributed by atoms with E-state index < -0.39 is 0 Å². The molecule has 0 spiro atoms. The zero-order valence-electron chi connectivity index (χ0n) is 9.88. The van der Waals surface area contributed by atoms with Crippen molar-refractivity contribution in [2.75, 3.05) is 13.6 Å². The van der Waals surface area contributed by atoms with Crippen molar-refractivity contribution in [3.63, 3.8) is 0 Å². The molecule has 2 aromatic heterocycles. The zero-order valence-corrected chi connectivity index (χ0v) is 10.6. The number of nitrogens with zero attached hydrogens (tertiary/aromatic N) is 5. The summed E-state index contributed by atoms with van der Waals surface area (Å²) in [5, 5.41) is 0.122. The Hall–Kier alpha value is -1.53. The van der Waals surface area contributed by atoms with Crippen LogP contribution in [0.15, 0.2) is 12.5 Å². The summed E-state index contributed by atoms with van der Waals surface area (Å²) in [4.78, 5) is 26.5. The van der Waals surface area contributed by atoms with Crippen LogP contribution in [0.3, 0.4) is 0 Å². The molecule has 2 aromatic rings. The van der Waals surface area contributed by atoms with Gasteiger partial charge in [0.2, 0.25) is 5.28 Å². The molecule has 1 fully saturated rings. The van der Waals surface area contributed by atoms with E-state index in [1.807, 2.05) is 7.05 Å². The lowest BCUT2D eigenvalue weighted by molar-refractivity contribution is 0.0808. The van der Waals surface area contributed by atoms with Gasteiger partial charge >= 0.3 is 0 Å². The number of likely N-dealkylation sites (tertiary alicyclic amines) is 1. The Bertz CT molecular complexity index is 610. The Morgan fingerprint density at radius 2 is 2.33 bits per heavy atom. The number of likely N-dealkylation sites (N-methyl/N-ethyl adjacent to an activating group) is 1. The van der Waals surface area contributed by atoms with Gasteiger partial charge in [-0.05, 0) is 38.0 Å². The largest absolute Gasteiger partial charge is 0.295 e. The van der Waals surface area contributed by atoms with Crippen LogP contribution in [0.1, 0.15) is 17.6 Å². The number of rotatable bonds is 1. The zero-order chi connectivity index (χ0) is 12.7. The maximum absolute atomic E-state index is 12.4. The third-order valence-corrected chi connectivity index (χ3v) is 3.49. The van der Waals surface area contributed by atoms with Crippen LogP contribution in [0.5, 0.6) is 0 Å². The molecule has 0 radical (unpaired) electrons. The first-order valence-corrected chi connectivity index (χ1v) is 6.14. The van der Waals surface area contributed by atoms with Crippen molar-refractivity contribution in [3.05, 3.63) is 17.8 Å². The average molecular weight is 266 g/mol. The maximum Gasteiger partial charge on any atom is 0.250 e. The number of halogens is 1. The molecule has 0 bridgehead atoms. The highest BCUT2D eigenvalue weighted by Gasteiger charge is 2.29. The van der Waals surface area contributed by atoms with Gasteiger partial charge in [0, 0.05) is 0 Å². The molecule has 6 nitrogen and oxygen atoms in total. The van der Waals surface area contributed by atoms with E-state index in [4.69, 9.17) is 11.6 Å². The van der Waals surface area contributed by atoms with Crippen molar-refractivity contribution in [1.29, 1.82) is 0 Å². The number of carbonyl (C=O) groups excluding carboxylic acids is 1. The van der Waals surface area contributed by atoms with Crippen LogP contribution in [-0.4, -0.2) is 50.0 Å². The van der Waals surface area contributed by atoms with Crippen LogP contribution >= 0.6 is 11.6 Å². The summed E-state index contributed by atoms with van der Waals surface area (Å²) in [5.74, 6) is -0.00716. The molecule has 94 valence electrons. The van der Waals surface area contributed by atoms with E-state index in [9.17, 15) is 4.79 Å². The molecule has 3 heterocycles. The van der Waals surface area contributed by atoms with Crippen LogP contribution in [0.25, 0.3) is 11.2 Å². The van der Waals surface area contributed by atoms with Crippen LogP contribution in [-0.2, 0) is 0 Å². The molecule has 1 saturated heterocycles. The lowest BCUT2D eigenvalue weighted by Gasteiger charge is -2.17. The quantitative estimate of drug-likeness (QED) is 0.726. The summed E-state index contributed by atoms with van der Waals surface area (Å²) in [6.07, 6.45) is 4.92. The molecule has 0 amide bonds. The van der Waals surface area contributed by atoms with E-state index >= 15 is 0 Å². The molecular formula is C11H12ClN5O. The van der Waals surface area contributed by atoms with Gasteiger partial charge in [-0.3, -0.25) is 14.3 Å². The normalized spacial score (nSPS) is 20.7. The van der Waals surface area contributed by atoms with E-state index in [0.29, 0.717) is 11.2 Å². The van der Waals surface area contributed by atoms with Gasteiger partial charge in [-0.15, -0.1) is 0 Å². The van der Waals surface area contributed by atoms with E-state index in [1.54, 1.807) is 0 Å². The number of hydrogen-bond acceptors (Lipinski definition) is 5. The van der Waals surface area contributed by atoms with E-state index in [2.05, 4.69) is 19.9 Å². The molecule has 1 atom stereocenters. The minimum atomic E-state index is -0.101. The highest BCUT2D eigenvalue weighted by Crippen LogP contribution is 2.19. The van der Waals surface area contributed by atoms with Crippen LogP contribution in [0.2, 0.25) is 5.28 Å². The van der Waals surface area contributed by atoms with E-state index in [1.165, 1.54) is 17.1 Å². The molecule has 1 aliphatic heterocycles. The monoisotopic (exact) mass is 265 g/mol. The molecular weight excluding hydrogens is 254 g/mol. The highest BCUT2D eigenvalue weighted by molar-refractivity contribution is 6.28. The van der Waals surface area contributed by atoms with Crippen molar-refractivity contribution in [2.24, 2.45) is 0 Å². The Morgan fingerprint density at radius 1 is 1.50 bits per heavy atom. The predicted octanol–water partition coefficient (Wildman–Crippen LogP) is 1.21. The van der Waals surface area contributed by atoms with Crippen molar-refractivity contribution in [3.8, 4) is 0 Å². The number of aromatic nitrogens is 4. The number of imidazole rings is 1. The van der Waals surface area contributed by atoms with Crippen LogP contribution in [0.4, 0.5) is 0 Å². The van der Waals surface area contributed by atoms with Gasteiger partial charge in [0.15, 0.2) is 5.65 Å². The SMILES string of the molecule is CN1CCCC1C(=O)n1cnc2cnc(Cl)nc21. The first kappa shape index (κ1) is 11.6. The van der Waals surface area contributed by atoms with Crippen LogP contribution in [0, 0.1) is 0 Å². The second-order valence-electron chi connectivity index (χ2n) is 4.44. The topological polar surface area (TPSA) is 63.9 Å². The first-order valence-electron chi connectivity index (χ1n) is 5.77. The second-order valence-corrected chi connectivity index (χ2v) is 4.78. The third kappa shape index (κ3) is 1.77. The summed E-state index contributed by atoms with van der Waals surface area (Å²) in [7, 11) is 1.96. The Morgan fingerprint density at radius 3 is 3.06 bits per heavy atom. The summed E-state index contributed by atoms with van der Waals surface area (Å²) < 4.78 is 1.47. The summed E-state index contributed by atoms with van der Waals surface area (Å²) in [6.45, 7) is 0.943. The Kier molecular flexibility index (Phi) is 2.76. The molecule has 18 heavy (non-hydrogen) atoms. The fourth-order valence-corrected chi connectivity index (χ4v) is 2.46. The van der Waals surface area contributed by atoms with Crippen molar-refractivity contribution in [1.82, 2.24) is 24.4 Å². The first-order chi connectivity index (χ1) is 8.66. The number of fused-ring (bicyclic) bond motifs is 1. The molecule has 1 unspecified atom stereocenters. The van der Waals surface area contributed by atoms with Gasteiger partial charge in [-0.2, -0.15) is 4.98 Å². The Balaban J connectivity index is 2.03. The fourth-order valence-electron chi connectivity index (χ4n) is 2.33. The van der Waals surface area contributed by atoms with Gasteiger partial charge in [0.25, 0.3) is 5.91 Å². The minimum Gasteiger partial charge on any atom is -0.295 e. The van der Waals surface area contributed by atoms with Gasteiger partial charge in [-0.1, -0.05) is 0 Å². The van der Waals surface area contributed by atoms with Crippen molar-refractivity contribution < 1.29 is 4.79 Å². The third-order valence-electron chi connectivity index (χ3n) is 3.30. The minimum absolute atomic E-state index is 0.00716. The maximum atomic E-state index is 12.4. The smallest absolute Gasteiger partial charge is 0.250 e. The van der Waals surface area contributed by atoms with Gasteiger partial charge in [0.05, 0.1) is 12.2 Å². The van der Waals surface area contributed by atoms with E-state index in [0.717, 1.165) is 19.4 Å². The fraction of sp³-hybridized carbons (Fsp3) is 0.455. The van der Waals surface area contributed by atoms with Crippen LogP contribution < -0.4 is 0 Å². The summed E-state index contributed by atoms with van der Waals surface area (Å²) in [5.41, 5.74) is 1.05. The second kappa shape index (κ2) is 4.29. The molecule has 0 aliphatic carbocycles. The van der Waals surface area contributed by atoms with Gasteiger partial charge in [-0.25, -0.2) is 9.97 Å². The lowest BCUT2D eigenvalue weighted by Crippen LogP contribution is -2.36. The molecule has 3 rings (SSSR count). The predicted molar refractivity (Wildman–Crippen MR) is 66.6 cm³/mol. The molecule has 0 saturated carbocycles. The highest BCUT2D eigenvalue weighted by atomic mass is 35.5. The van der Waals surface area contributed by atoms with Gasteiger partial charge in [0.1, 0.15) is 11.8 Å². The van der Waals surface area contributed by atoms with Crippen molar-refractivity contribution >= 4 is 28.7 Å². The summed E-state index contributed by atoms with van der Waals surface area (Å²) in [6, 6.07) is -0.101. The van der Waals surface area contributed by atoms with Gasteiger partial charge < -0.3 is 0 Å². The van der Waals surface area contributed by atoms with E-state index in [-0.39, 0.29) is 17.2 Å². The molecule has 0 N–H and O–H groups in total. The number of hydrogen-bond donors (Lipinski definition) is 0. The molecule has 7 heteroatoms. The molecule has 0 aromatic carbocycles. The lowest BCUT2D eigenvalue weighted by atomic mass is 10.2.